The number of hydrogen-bond donors (Lipinski definition) is 2. The molecule has 0 fully saturated rings. The van der Waals surface area contributed by atoms with Gasteiger partial charge >= 0.3 is 12.0 Å². The number of amides is 2. The molecular weight excluding hydrogens is 427 g/mol. The molecular formula is C22H22Cl2N2O4. The Balaban J connectivity index is 1.86. The maximum absolute atomic E-state index is 12.6. The fraction of sp³-hybridized carbons (Fsp3) is 0.273. The number of ether oxygens (including phenoxy) is 2. The maximum Gasteiger partial charge on any atom is 0.338 e. The molecule has 8 heteroatoms. The van der Waals surface area contributed by atoms with Crippen molar-refractivity contribution < 1.29 is 19.1 Å². The van der Waals surface area contributed by atoms with Gasteiger partial charge in [0.25, 0.3) is 0 Å². The second-order valence-corrected chi connectivity index (χ2v) is 7.90. The lowest BCUT2D eigenvalue weighted by molar-refractivity contribution is -0.143. The van der Waals surface area contributed by atoms with Gasteiger partial charge in [-0.1, -0.05) is 41.4 Å². The molecule has 0 bridgehead atoms. The largest absolute Gasteiger partial charge is 0.489 e. The summed E-state index contributed by atoms with van der Waals surface area (Å²) in [5, 5.41) is 6.44. The number of urea groups is 1. The third-order valence-corrected chi connectivity index (χ3v) is 5.18. The van der Waals surface area contributed by atoms with Crippen LogP contribution in [0.1, 0.15) is 37.9 Å². The summed E-state index contributed by atoms with van der Waals surface area (Å²) < 4.78 is 11.2. The molecule has 1 unspecified atom stereocenters. The van der Waals surface area contributed by atoms with Crippen molar-refractivity contribution in [3.05, 3.63) is 74.9 Å². The number of esters is 1. The van der Waals surface area contributed by atoms with Crippen LogP contribution in [-0.4, -0.2) is 18.1 Å². The van der Waals surface area contributed by atoms with Crippen LogP contribution >= 0.6 is 23.2 Å². The van der Waals surface area contributed by atoms with Crippen molar-refractivity contribution in [2.75, 3.05) is 0 Å². The van der Waals surface area contributed by atoms with E-state index in [0.29, 0.717) is 38.2 Å². The lowest BCUT2D eigenvalue weighted by Crippen LogP contribution is -2.45. The van der Waals surface area contributed by atoms with Gasteiger partial charge in [-0.3, -0.25) is 0 Å². The summed E-state index contributed by atoms with van der Waals surface area (Å²) in [5.74, 6) is 0.0552. The van der Waals surface area contributed by atoms with E-state index in [1.54, 1.807) is 57.2 Å². The monoisotopic (exact) mass is 448 g/mol. The van der Waals surface area contributed by atoms with Crippen molar-refractivity contribution >= 4 is 35.2 Å². The van der Waals surface area contributed by atoms with Crippen LogP contribution in [0.25, 0.3) is 0 Å². The number of benzene rings is 2. The summed E-state index contributed by atoms with van der Waals surface area (Å²) in [6, 6.07) is 11.3. The first-order valence-corrected chi connectivity index (χ1v) is 10.2. The van der Waals surface area contributed by atoms with Gasteiger partial charge in [0.15, 0.2) is 0 Å². The average molecular weight is 449 g/mol. The highest BCUT2D eigenvalue weighted by atomic mass is 35.5. The molecule has 0 spiro atoms. The van der Waals surface area contributed by atoms with Crippen LogP contribution in [0.2, 0.25) is 10.0 Å². The molecule has 158 valence electrons. The normalized spacial score (nSPS) is 16.2. The van der Waals surface area contributed by atoms with E-state index in [0.717, 1.165) is 0 Å². The topological polar surface area (TPSA) is 76.7 Å². The Bertz CT molecular complexity index is 984. The molecule has 2 N–H and O–H groups in total. The zero-order chi connectivity index (χ0) is 21.8. The first kappa shape index (κ1) is 22.0. The van der Waals surface area contributed by atoms with Crippen LogP contribution in [0.15, 0.2) is 53.7 Å². The minimum atomic E-state index is -0.669. The van der Waals surface area contributed by atoms with Gasteiger partial charge in [0, 0.05) is 21.3 Å². The molecule has 3 rings (SSSR count). The maximum atomic E-state index is 12.6. The fourth-order valence-corrected chi connectivity index (χ4v) is 3.61. The summed E-state index contributed by atoms with van der Waals surface area (Å²) in [4.78, 5) is 24.7. The van der Waals surface area contributed by atoms with Gasteiger partial charge in [-0.25, -0.2) is 9.59 Å². The highest BCUT2D eigenvalue weighted by Gasteiger charge is 2.32. The van der Waals surface area contributed by atoms with Gasteiger partial charge in [0.1, 0.15) is 12.4 Å². The van der Waals surface area contributed by atoms with E-state index in [2.05, 4.69) is 10.6 Å². The third-order valence-electron chi connectivity index (χ3n) is 4.47. The zero-order valence-electron chi connectivity index (χ0n) is 16.8. The first-order valence-electron chi connectivity index (χ1n) is 9.41. The number of allylic oxidation sites excluding steroid dienone is 1. The lowest BCUT2D eigenvalue weighted by Gasteiger charge is -2.28. The first-order chi connectivity index (χ1) is 14.3. The highest BCUT2D eigenvalue weighted by Crippen LogP contribution is 2.31. The van der Waals surface area contributed by atoms with Gasteiger partial charge in [-0.15, -0.1) is 0 Å². The molecule has 0 saturated carbocycles. The molecule has 1 aliphatic heterocycles. The third kappa shape index (κ3) is 5.07. The Labute approximate surface area is 185 Å². The Kier molecular flexibility index (Phi) is 6.90. The number of carbonyl (C=O) groups excluding carboxylic acids is 2. The molecule has 6 nitrogen and oxygen atoms in total. The summed E-state index contributed by atoms with van der Waals surface area (Å²) in [7, 11) is 0. The molecule has 0 aromatic heterocycles. The van der Waals surface area contributed by atoms with E-state index in [9.17, 15) is 9.59 Å². The van der Waals surface area contributed by atoms with Crippen molar-refractivity contribution in [1.29, 1.82) is 0 Å². The van der Waals surface area contributed by atoms with Crippen molar-refractivity contribution in [2.45, 2.75) is 39.5 Å². The molecule has 0 radical (unpaired) electrons. The molecule has 1 atom stereocenters. The minimum Gasteiger partial charge on any atom is -0.489 e. The molecule has 30 heavy (non-hydrogen) atoms. The van der Waals surface area contributed by atoms with Crippen LogP contribution < -0.4 is 15.4 Å². The number of hydrogen-bond acceptors (Lipinski definition) is 4. The fourth-order valence-electron chi connectivity index (χ4n) is 3.10. The number of halogens is 2. The van der Waals surface area contributed by atoms with Crippen molar-refractivity contribution in [1.82, 2.24) is 10.6 Å². The molecule has 2 amide bonds. The second-order valence-electron chi connectivity index (χ2n) is 7.09. The quantitative estimate of drug-likeness (QED) is 0.598. The summed E-state index contributed by atoms with van der Waals surface area (Å²) >= 11 is 12.4. The lowest BCUT2D eigenvalue weighted by atomic mass is 9.95. The minimum absolute atomic E-state index is 0.178. The van der Waals surface area contributed by atoms with Crippen LogP contribution in [0.5, 0.6) is 5.75 Å². The van der Waals surface area contributed by atoms with Crippen LogP contribution in [0.3, 0.4) is 0 Å². The molecule has 1 aliphatic rings. The Morgan fingerprint density at radius 2 is 1.80 bits per heavy atom. The van der Waals surface area contributed by atoms with Gasteiger partial charge in [-0.05, 0) is 50.6 Å². The molecule has 2 aromatic rings. The number of nitrogens with one attached hydrogen (secondary N) is 2. The van der Waals surface area contributed by atoms with Gasteiger partial charge in [-0.2, -0.15) is 0 Å². The van der Waals surface area contributed by atoms with E-state index in [-0.39, 0.29) is 12.7 Å². The standard InChI is InChI=1S/C22H22Cl2N2O4/c1-12(2)30-21(27)19-13(3)25-22(28)26-20(19)14-6-4-7-15(10-14)29-11-16-17(23)8-5-9-18(16)24/h4-10,12,20H,11H2,1-3H3,(H2,25,26,28). The van der Waals surface area contributed by atoms with Crippen LogP contribution in [0, 0.1) is 0 Å². The van der Waals surface area contributed by atoms with E-state index in [4.69, 9.17) is 32.7 Å². The van der Waals surface area contributed by atoms with Crippen molar-refractivity contribution in [3.8, 4) is 5.75 Å². The highest BCUT2D eigenvalue weighted by molar-refractivity contribution is 6.35. The van der Waals surface area contributed by atoms with E-state index < -0.39 is 18.0 Å². The van der Waals surface area contributed by atoms with Crippen molar-refractivity contribution in [2.24, 2.45) is 0 Å². The van der Waals surface area contributed by atoms with Gasteiger partial charge in [0.2, 0.25) is 0 Å². The number of carbonyl (C=O) groups is 2. The van der Waals surface area contributed by atoms with E-state index in [1.807, 2.05) is 6.07 Å². The average Bonchev–Trinajstić information content (AvgIpc) is 2.66. The summed E-state index contributed by atoms with van der Waals surface area (Å²) in [6.45, 7) is 5.39. The number of rotatable bonds is 6. The van der Waals surface area contributed by atoms with Crippen LogP contribution in [-0.2, 0) is 16.1 Å². The van der Waals surface area contributed by atoms with Crippen molar-refractivity contribution in [3.63, 3.8) is 0 Å². The predicted molar refractivity (Wildman–Crippen MR) is 116 cm³/mol. The van der Waals surface area contributed by atoms with Gasteiger partial charge in [0.05, 0.1) is 17.7 Å². The Morgan fingerprint density at radius 1 is 1.13 bits per heavy atom. The predicted octanol–water partition coefficient (Wildman–Crippen LogP) is 5.15. The molecule has 1 heterocycles. The molecule has 0 aliphatic carbocycles. The van der Waals surface area contributed by atoms with Crippen LogP contribution in [0.4, 0.5) is 4.79 Å². The zero-order valence-corrected chi connectivity index (χ0v) is 18.3. The molecule has 0 saturated heterocycles. The Hall–Kier alpha value is -2.70. The smallest absolute Gasteiger partial charge is 0.338 e. The Morgan fingerprint density at radius 3 is 2.47 bits per heavy atom. The molecule has 2 aromatic carbocycles. The van der Waals surface area contributed by atoms with Gasteiger partial charge < -0.3 is 20.1 Å². The summed E-state index contributed by atoms with van der Waals surface area (Å²) in [6.07, 6.45) is -0.286. The van der Waals surface area contributed by atoms with E-state index in [1.165, 1.54) is 0 Å². The van der Waals surface area contributed by atoms with E-state index >= 15 is 0 Å². The SMILES string of the molecule is CC1=C(C(=O)OC(C)C)C(c2cccc(OCc3c(Cl)cccc3Cl)c2)NC(=O)N1. The second kappa shape index (κ2) is 9.41. The summed E-state index contributed by atoms with van der Waals surface area (Å²) in [5.41, 5.74) is 2.15.